The van der Waals surface area contributed by atoms with Gasteiger partial charge in [-0.15, -0.1) is 0 Å². The number of nitrogens with zero attached hydrogens (tertiary/aromatic N) is 5. The van der Waals surface area contributed by atoms with Crippen molar-refractivity contribution >= 4 is 35.7 Å². The normalized spacial score (nSPS) is 16.8. The quantitative estimate of drug-likeness (QED) is 0.323. The SMILES string of the molecule is Cc1nn2c(N3CCN(C)CC3)cc(C3=C=C=C([I-]I)C=C3)nc2c1-c1ccccc1. The topological polar surface area (TPSA) is 36.7 Å². The molecule has 0 saturated carbocycles. The third-order valence-electron chi connectivity index (χ3n) is 5.70. The van der Waals surface area contributed by atoms with Crippen molar-refractivity contribution in [3.63, 3.8) is 0 Å². The van der Waals surface area contributed by atoms with Crippen LogP contribution in [-0.2, 0) is 0 Å². The van der Waals surface area contributed by atoms with E-state index in [1.165, 1.54) is 3.58 Å². The number of hydrogen-bond acceptors (Lipinski definition) is 4. The van der Waals surface area contributed by atoms with Crippen molar-refractivity contribution in [1.82, 2.24) is 19.5 Å². The van der Waals surface area contributed by atoms with E-state index in [0.717, 1.165) is 65.7 Å². The monoisotopic (exact) mass is 634 g/mol. The average molecular weight is 634 g/mol. The van der Waals surface area contributed by atoms with Crippen LogP contribution < -0.4 is 22.1 Å². The third kappa shape index (κ3) is 4.13. The minimum atomic E-state index is -0.0210. The predicted octanol–water partition coefficient (Wildman–Crippen LogP) is 1.49. The minimum absolute atomic E-state index is 0.0210. The number of anilines is 1. The molecule has 1 aliphatic heterocycles. The van der Waals surface area contributed by atoms with Gasteiger partial charge in [-0.25, -0.2) is 0 Å². The van der Waals surface area contributed by atoms with E-state index in [0.29, 0.717) is 0 Å². The maximum absolute atomic E-state index is 5.09. The van der Waals surface area contributed by atoms with Crippen molar-refractivity contribution in [3.05, 3.63) is 75.0 Å². The predicted molar refractivity (Wildman–Crippen MR) is 130 cm³/mol. The second-order valence-electron chi connectivity index (χ2n) is 7.77. The molecule has 7 heteroatoms. The number of aryl methyl sites for hydroxylation is 1. The van der Waals surface area contributed by atoms with E-state index in [4.69, 9.17) is 10.1 Å². The summed E-state index contributed by atoms with van der Waals surface area (Å²) in [4.78, 5) is 9.88. The zero-order valence-electron chi connectivity index (χ0n) is 17.4. The molecule has 0 radical (unpaired) electrons. The summed E-state index contributed by atoms with van der Waals surface area (Å²) in [5, 5.41) is 4.93. The number of aromatic nitrogens is 3. The Morgan fingerprint density at radius 1 is 1.03 bits per heavy atom. The Morgan fingerprint density at radius 2 is 1.81 bits per heavy atom. The number of rotatable bonds is 4. The summed E-state index contributed by atoms with van der Waals surface area (Å²) in [6.07, 6.45) is 4.29. The van der Waals surface area contributed by atoms with Crippen LogP contribution >= 0.6 is 18.6 Å². The molecule has 0 unspecified atom stereocenters. The fourth-order valence-electron chi connectivity index (χ4n) is 4.01. The number of halogens is 2. The van der Waals surface area contributed by atoms with Crippen LogP contribution in [0.2, 0.25) is 0 Å². The molecule has 2 aromatic heterocycles. The fraction of sp³-hybridized carbons (Fsp3) is 0.250. The van der Waals surface area contributed by atoms with Crippen molar-refractivity contribution in [1.29, 1.82) is 0 Å². The van der Waals surface area contributed by atoms with Crippen LogP contribution in [0.5, 0.6) is 0 Å². The molecule has 1 fully saturated rings. The molecule has 1 aliphatic carbocycles. The van der Waals surface area contributed by atoms with Crippen molar-refractivity contribution in [2.75, 3.05) is 38.1 Å². The molecular weight excluding hydrogens is 612 g/mol. The van der Waals surface area contributed by atoms with Crippen LogP contribution in [-0.4, -0.2) is 52.7 Å². The van der Waals surface area contributed by atoms with Crippen LogP contribution in [0.25, 0.3) is 22.3 Å². The molecule has 0 bridgehead atoms. The molecule has 1 aromatic carbocycles. The number of hydrogen-bond donors (Lipinski definition) is 0. The van der Waals surface area contributed by atoms with Crippen molar-refractivity contribution in [2.45, 2.75) is 6.92 Å². The van der Waals surface area contributed by atoms with Gasteiger partial charge in [-0.2, -0.15) is 0 Å². The number of likely N-dealkylation sites (N-methyl/N-ethyl adjacent to an activating group) is 1. The van der Waals surface area contributed by atoms with E-state index >= 15 is 0 Å². The van der Waals surface area contributed by atoms with Gasteiger partial charge >= 0.3 is 204 Å². The van der Waals surface area contributed by atoms with E-state index in [1.807, 2.05) is 10.6 Å². The fourth-order valence-corrected chi connectivity index (χ4v) is 6.16. The average Bonchev–Trinajstić information content (AvgIpc) is 3.15. The van der Waals surface area contributed by atoms with E-state index in [-0.39, 0.29) is 17.2 Å². The van der Waals surface area contributed by atoms with Gasteiger partial charge in [0.15, 0.2) is 0 Å². The zero-order valence-corrected chi connectivity index (χ0v) is 21.8. The van der Waals surface area contributed by atoms with Crippen molar-refractivity contribution in [2.24, 2.45) is 0 Å². The second kappa shape index (κ2) is 8.92. The molecule has 31 heavy (non-hydrogen) atoms. The molecule has 158 valence electrons. The Bertz CT molecular complexity index is 1270. The van der Waals surface area contributed by atoms with Gasteiger partial charge in [0.05, 0.1) is 0 Å². The molecular formula is C24H22I2N5-. The number of benzene rings is 1. The summed E-state index contributed by atoms with van der Waals surface area (Å²) in [7, 11) is 2.18. The van der Waals surface area contributed by atoms with Crippen LogP contribution in [0, 0.1) is 6.92 Å². The summed E-state index contributed by atoms with van der Waals surface area (Å²) < 4.78 is 3.29. The molecule has 0 N–H and O–H groups in total. The van der Waals surface area contributed by atoms with E-state index in [2.05, 4.69) is 96.3 Å². The first-order valence-corrected chi connectivity index (χ1v) is 17.6. The maximum atomic E-state index is 5.09. The standard InChI is InChI=1S/C24H22I2N5/c1-17-23(19-6-4-3-5-7-19)24-27-21(18-8-10-20(26-25)11-9-18)16-22(31(24)28-17)30-14-12-29(2)13-15-30/h3-8,10,16H,12-15H2,1-2H3/q-1. The van der Waals surface area contributed by atoms with Crippen LogP contribution in [0.3, 0.4) is 0 Å². The Hall–Kier alpha value is -1.90. The number of piperazine rings is 1. The van der Waals surface area contributed by atoms with Gasteiger partial charge < -0.3 is 0 Å². The van der Waals surface area contributed by atoms with Crippen LogP contribution in [0.1, 0.15) is 11.4 Å². The zero-order chi connectivity index (χ0) is 21.4. The van der Waals surface area contributed by atoms with Gasteiger partial charge in [0.2, 0.25) is 0 Å². The van der Waals surface area contributed by atoms with E-state index < -0.39 is 0 Å². The van der Waals surface area contributed by atoms with Crippen LogP contribution in [0.15, 0.2) is 63.6 Å². The molecule has 5 rings (SSSR count). The number of fused-ring (bicyclic) bond motifs is 1. The summed E-state index contributed by atoms with van der Waals surface area (Å²) in [6.45, 7) is 6.10. The van der Waals surface area contributed by atoms with Gasteiger partial charge in [-0.3, -0.25) is 0 Å². The van der Waals surface area contributed by atoms with Crippen LogP contribution in [0.4, 0.5) is 5.82 Å². The molecule has 3 aromatic rings. The molecule has 0 atom stereocenters. The van der Waals surface area contributed by atoms with E-state index in [1.54, 1.807) is 0 Å². The van der Waals surface area contributed by atoms with Crippen molar-refractivity contribution < 1.29 is 17.2 Å². The van der Waals surface area contributed by atoms with Gasteiger partial charge in [-0.05, 0) is 0 Å². The Kier molecular flexibility index (Phi) is 6.03. The Morgan fingerprint density at radius 3 is 2.48 bits per heavy atom. The van der Waals surface area contributed by atoms with Gasteiger partial charge in [0.25, 0.3) is 0 Å². The molecule has 5 nitrogen and oxygen atoms in total. The summed E-state index contributed by atoms with van der Waals surface area (Å²) >= 11 is 2.44. The molecule has 0 amide bonds. The first kappa shape index (κ1) is 21.0. The third-order valence-corrected chi connectivity index (χ3v) is 9.72. The van der Waals surface area contributed by atoms with E-state index in [9.17, 15) is 0 Å². The number of allylic oxidation sites excluding steroid dienone is 4. The Balaban J connectivity index is 1.74. The van der Waals surface area contributed by atoms with Gasteiger partial charge in [0, 0.05) is 0 Å². The molecule has 2 aliphatic rings. The second-order valence-corrected chi connectivity index (χ2v) is 12.1. The van der Waals surface area contributed by atoms with Gasteiger partial charge in [-0.1, -0.05) is 0 Å². The first-order chi connectivity index (χ1) is 15.1. The summed E-state index contributed by atoms with van der Waals surface area (Å²) in [6, 6.07) is 12.6. The van der Waals surface area contributed by atoms with Crippen molar-refractivity contribution in [3.8, 4) is 11.1 Å². The summed E-state index contributed by atoms with van der Waals surface area (Å²) in [5.74, 6) is 1.09. The molecule has 0 spiro atoms. The molecule has 1 saturated heterocycles. The first-order valence-electron chi connectivity index (χ1n) is 10.2. The molecule has 3 heterocycles. The van der Waals surface area contributed by atoms with Gasteiger partial charge in [0.1, 0.15) is 0 Å². The Labute approximate surface area is 202 Å². The summed E-state index contributed by atoms with van der Waals surface area (Å²) in [5.41, 5.74) is 12.7.